The largest absolute Gasteiger partial charge is 0.492 e. The molecule has 7 nitrogen and oxygen atoms in total. The van der Waals surface area contributed by atoms with E-state index in [2.05, 4.69) is 12.2 Å². The van der Waals surface area contributed by atoms with Gasteiger partial charge in [0.15, 0.2) is 6.54 Å². The van der Waals surface area contributed by atoms with E-state index in [9.17, 15) is 13.2 Å². The summed E-state index contributed by atoms with van der Waals surface area (Å²) in [5, 5.41) is 2.88. The number of rotatable bonds is 7. The second-order valence-corrected chi connectivity index (χ2v) is 9.79. The lowest BCUT2D eigenvalue weighted by Gasteiger charge is -2.27. The van der Waals surface area contributed by atoms with E-state index in [1.807, 2.05) is 6.92 Å². The molecule has 0 radical (unpaired) electrons. The molecule has 8 heteroatoms. The van der Waals surface area contributed by atoms with E-state index in [1.165, 1.54) is 21.7 Å². The van der Waals surface area contributed by atoms with Crippen LogP contribution in [0.1, 0.15) is 39.5 Å². The number of sulfonamides is 1. The van der Waals surface area contributed by atoms with Crippen LogP contribution in [0.3, 0.4) is 0 Å². The molecule has 1 aromatic rings. The van der Waals surface area contributed by atoms with Crippen LogP contribution in [0.2, 0.25) is 0 Å². The maximum Gasteiger partial charge on any atom is 0.279 e. The van der Waals surface area contributed by atoms with Crippen LogP contribution in [0.25, 0.3) is 0 Å². The number of carbonyl (C=O) groups is 1. The maximum absolute atomic E-state index is 13.1. The molecular formula is C20H32N3O4S+. The zero-order valence-electron chi connectivity index (χ0n) is 16.9. The van der Waals surface area contributed by atoms with Gasteiger partial charge < -0.3 is 15.0 Å². The minimum atomic E-state index is -3.63. The lowest BCUT2D eigenvalue weighted by molar-refractivity contribution is -0.900. The van der Waals surface area contributed by atoms with Gasteiger partial charge >= 0.3 is 0 Å². The highest BCUT2D eigenvalue weighted by Gasteiger charge is 2.30. The number of hydrogen-bond donors (Lipinski definition) is 2. The Kier molecular flexibility index (Phi) is 6.95. The van der Waals surface area contributed by atoms with Gasteiger partial charge in [0, 0.05) is 24.7 Å². The van der Waals surface area contributed by atoms with E-state index in [-0.39, 0.29) is 10.8 Å². The van der Waals surface area contributed by atoms with Gasteiger partial charge in [-0.25, -0.2) is 8.42 Å². The lowest BCUT2D eigenvalue weighted by Crippen LogP contribution is -3.14. The van der Waals surface area contributed by atoms with Gasteiger partial charge in [-0.1, -0.05) is 6.92 Å². The molecule has 2 fully saturated rings. The van der Waals surface area contributed by atoms with E-state index in [0.29, 0.717) is 43.6 Å². The molecule has 1 aromatic carbocycles. The first-order chi connectivity index (χ1) is 13.4. The monoisotopic (exact) mass is 410 g/mol. The molecule has 2 aliphatic rings. The number of quaternary nitrogens is 1. The van der Waals surface area contributed by atoms with Gasteiger partial charge in [-0.05, 0) is 50.8 Å². The number of piperidine rings is 1. The SMILES string of the molecule is CCOc1ccc(NC(=O)C[NH+]2CCC[C@@H](C)C2)cc1S(=O)(=O)N1CCCC1. The fourth-order valence-electron chi connectivity index (χ4n) is 4.12. The van der Waals surface area contributed by atoms with Gasteiger partial charge in [-0.3, -0.25) is 4.79 Å². The molecule has 0 aromatic heterocycles. The summed E-state index contributed by atoms with van der Waals surface area (Å²) in [6.07, 6.45) is 4.11. The molecular weight excluding hydrogens is 378 g/mol. The van der Waals surface area contributed by atoms with Gasteiger partial charge in [0.2, 0.25) is 10.0 Å². The summed E-state index contributed by atoms with van der Waals surface area (Å²) in [5.74, 6) is 0.889. The van der Waals surface area contributed by atoms with Crippen LogP contribution in [-0.2, 0) is 14.8 Å². The number of carbonyl (C=O) groups excluding carboxylic acids is 1. The highest BCUT2D eigenvalue weighted by atomic mass is 32.2. The molecule has 1 unspecified atom stereocenters. The van der Waals surface area contributed by atoms with Crippen molar-refractivity contribution in [2.45, 2.75) is 44.4 Å². The topological polar surface area (TPSA) is 80.1 Å². The Morgan fingerprint density at radius 3 is 2.71 bits per heavy atom. The average Bonchev–Trinajstić information content (AvgIpc) is 3.18. The van der Waals surface area contributed by atoms with Gasteiger partial charge in [0.05, 0.1) is 19.7 Å². The summed E-state index contributed by atoms with van der Waals surface area (Å²) < 4.78 is 33.1. The first kappa shape index (κ1) is 21.1. The number of benzene rings is 1. The van der Waals surface area contributed by atoms with Gasteiger partial charge in [-0.15, -0.1) is 0 Å². The van der Waals surface area contributed by atoms with Crippen molar-refractivity contribution in [2.75, 3.05) is 44.6 Å². The number of anilines is 1. The molecule has 3 rings (SSSR count). The molecule has 156 valence electrons. The first-order valence-electron chi connectivity index (χ1n) is 10.3. The number of nitrogens with one attached hydrogen (secondary N) is 2. The summed E-state index contributed by atoms with van der Waals surface area (Å²) in [6.45, 7) is 7.91. The third-order valence-electron chi connectivity index (χ3n) is 5.49. The van der Waals surface area contributed by atoms with Crippen molar-refractivity contribution in [1.82, 2.24) is 4.31 Å². The Labute approximate surface area is 168 Å². The summed E-state index contributed by atoms with van der Waals surface area (Å²) in [4.78, 5) is 13.9. The van der Waals surface area contributed by atoms with Gasteiger partial charge in [-0.2, -0.15) is 4.31 Å². The molecule has 2 heterocycles. The van der Waals surface area contributed by atoms with Crippen molar-refractivity contribution in [3.8, 4) is 5.75 Å². The Morgan fingerprint density at radius 1 is 1.29 bits per heavy atom. The molecule has 28 heavy (non-hydrogen) atoms. The second kappa shape index (κ2) is 9.24. The zero-order valence-corrected chi connectivity index (χ0v) is 17.7. The van der Waals surface area contributed by atoms with Crippen molar-refractivity contribution >= 4 is 21.6 Å². The van der Waals surface area contributed by atoms with Gasteiger partial charge in [0.25, 0.3) is 5.91 Å². The molecule has 2 atom stereocenters. The standard InChI is InChI=1S/C20H31N3O4S/c1-3-27-18-9-8-17(13-19(18)28(25,26)23-11-4-5-12-23)21-20(24)15-22-10-6-7-16(2)14-22/h8-9,13,16H,3-7,10-12,14-15H2,1-2H3,(H,21,24)/p+1/t16-/m1/s1. The normalized spacial score (nSPS) is 23.5. The van der Waals surface area contributed by atoms with Crippen molar-refractivity contribution in [3.63, 3.8) is 0 Å². The van der Waals surface area contributed by atoms with Crippen molar-refractivity contribution in [3.05, 3.63) is 18.2 Å². The second-order valence-electron chi connectivity index (χ2n) is 7.88. The van der Waals surface area contributed by atoms with Crippen molar-refractivity contribution in [1.29, 1.82) is 0 Å². The number of likely N-dealkylation sites (tertiary alicyclic amines) is 1. The molecule has 2 N–H and O–H groups in total. The summed E-state index contributed by atoms with van der Waals surface area (Å²) in [5.41, 5.74) is 0.496. The van der Waals surface area contributed by atoms with Crippen LogP contribution in [-0.4, -0.2) is 58.0 Å². The van der Waals surface area contributed by atoms with Gasteiger partial charge in [0.1, 0.15) is 10.6 Å². The number of hydrogen-bond acceptors (Lipinski definition) is 4. The van der Waals surface area contributed by atoms with Crippen LogP contribution in [0.4, 0.5) is 5.69 Å². The zero-order chi connectivity index (χ0) is 20.1. The molecule has 0 spiro atoms. The number of nitrogens with zero attached hydrogens (tertiary/aromatic N) is 1. The Hall–Kier alpha value is -1.64. The molecule has 2 saturated heterocycles. The predicted molar refractivity (Wildman–Crippen MR) is 108 cm³/mol. The van der Waals surface area contributed by atoms with Crippen LogP contribution < -0.4 is 15.0 Å². The molecule has 0 aliphatic carbocycles. The van der Waals surface area contributed by atoms with Crippen LogP contribution in [0.15, 0.2) is 23.1 Å². The summed E-state index contributed by atoms with van der Waals surface area (Å²) in [7, 11) is -3.63. The number of amides is 1. The van der Waals surface area contributed by atoms with Crippen LogP contribution in [0, 0.1) is 5.92 Å². The molecule has 0 bridgehead atoms. The first-order valence-corrected chi connectivity index (χ1v) is 11.7. The Morgan fingerprint density at radius 2 is 2.04 bits per heavy atom. The minimum Gasteiger partial charge on any atom is -0.492 e. The predicted octanol–water partition coefficient (Wildman–Crippen LogP) is 1.12. The van der Waals surface area contributed by atoms with E-state index in [4.69, 9.17) is 4.74 Å². The highest BCUT2D eigenvalue weighted by molar-refractivity contribution is 7.89. The molecule has 2 aliphatic heterocycles. The highest BCUT2D eigenvalue weighted by Crippen LogP contribution is 2.31. The van der Waals surface area contributed by atoms with Crippen molar-refractivity contribution < 1.29 is 22.8 Å². The number of ether oxygens (including phenoxy) is 1. The van der Waals surface area contributed by atoms with E-state index < -0.39 is 10.0 Å². The van der Waals surface area contributed by atoms with E-state index in [1.54, 1.807) is 12.1 Å². The minimum absolute atomic E-state index is 0.0854. The van der Waals surface area contributed by atoms with Crippen LogP contribution in [0.5, 0.6) is 5.75 Å². The van der Waals surface area contributed by atoms with E-state index in [0.717, 1.165) is 32.4 Å². The Balaban J connectivity index is 1.75. The summed E-state index contributed by atoms with van der Waals surface area (Å²) in [6, 6.07) is 4.88. The Bertz CT molecular complexity index is 791. The maximum atomic E-state index is 13.1. The fourth-order valence-corrected chi connectivity index (χ4v) is 5.79. The average molecular weight is 411 g/mol. The third kappa shape index (κ3) is 5.04. The lowest BCUT2D eigenvalue weighted by atomic mass is 10.0. The van der Waals surface area contributed by atoms with Crippen LogP contribution >= 0.6 is 0 Å². The van der Waals surface area contributed by atoms with E-state index >= 15 is 0 Å². The fraction of sp³-hybridized carbons (Fsp3) is 0.650. The molecule has 0 saturated carbocycles. The quantitative estimate of drug-likeness (QED) is 0.706. The molecule has 1 amide bonds. The summed E-state index contributed by atoms with van der Waals surface area (Å²) >= 11 is 0. The smallest absolute Gasteiger partial charge is 0.279 e. The van der Waals surface area contributed by atoms with Crippen molar-refractivity contribution in [2.24, 2.45) is 5.92 Å². The third-order valence-corrected chi connectivity index (χ3v) is 7.40.